The number of nitrogens with zero attached hydrogens (tertiary/aromatic N) is 2. The SMILES string of the molecule is Clc1ccc2[nH]cc(C=C3CCCN=C3c3cccnc3)c2c1. The highest BCUT2D eigenvalue weighted by molar-refractivity contribution is 6.31. The normalized spacial score (nSPS) is 16.7. The van der Waals surface area contributed by atoms with E-state index in [1.54, 1.807) is 6.20 Å². The summed E-state index contributed by atoms with van der Waals surface area (Å²) in [6.07, 6.45) is 10.0. The van der Waals surface area contributed by atoms with Crippen molar-refractivity contribution in [1.82, 2.24) is 9.97 Å². The van der Waals surface area contributed by atoms with Crippen LogP contribution in [0.25, 0.3) is 17.0 Å². The number of allylic oxidation sites excluding steroid dienone is 1. The molecule has 0 atom stereocenters. The molecular formula is C19H16ClN3. The highest BCUT2D eigenvalue weighted by atomic mass is 35.5. The van der Waals surface area contributed by atoms with E-state index in [4.69, 9.17) is 16.6 Å². The highest BCUT2D eigenvalue weighted by Crippen LogP contribution is 2.27. The van der Waals surface area contributed by atoms with E-state index < -0.39 is 0 Å². The first-order chi connectivity index (χ1) is 11.3. The largest absolute Gasteiger partial charge is 0.361 e. The lowest BCUT2D eigenvalue weighted by atomic mass is 9.95. The monoisotopic (exact) mass is 321 g/mol. The lowest BCUT2D eigenvalue weighted by molar-refractivity contribution is 0.818. The van der Waals surface area contributed by atoms with Crippen LogP contribution in [0.4, 0.5) is 0 Å². The molecule has 0 saturated heterocycles. The van der Waals surface area contributed by atoms with Crippen molar-refractivity contribution >= 4 is 34.3 Å². The molecule has 0 fully saturated rings. The molecule has 0 unspecified atom stereocenters. The first kappa shape index (κ1) is 14.2. The van der Waals surface area contributed by atoms with Crippen LogP contribution in [0, 0.1) is 0 Å². The van der Waals surface area contributed by atoms with Crippen molar-refractivity contribution in [2.24, 2.45) is 4.99 Å². The van der Waals surface area contributed by atoms with Crippen LogP contribution in [0.3, 0.4) is 0 Å². The third-order valence-electron chi connectivity index (χ3n) is 4.12. The van der Waals surface area contributed by atoms with Crippen molar-refractivity contribution in [3.05, 3.63) is 70.6 Å². The molecule has 0 bridgehead atoms. The molecule has 0 spiro atoms. The van der Waals surface area contributed by atoms with Gasteiger partial charge >= 0.3 is 0 Å². The summed E-state index contributed by atoms with van der Waals surface area (Å²) in [5.41, 5.74) is 5.63. The predicted molar refractivity (Wildman–Crippen MR) is 96.2 cm³/mol. The van der Waals surface area contributed by atoms with Crippen LogP contribution in [0.1, 0.15) is 24.0 Å². The number of H-pyrrole nitrogens is 1. The van der Waals surface area contributed by atoms with Crippen molar-refractivity contribution < 1.29 is 0 Å². The van der Waals surface area contributed by atoms with E-state index >= 15 is 0 Å². The second-order valence-corrected chi connectivity index (χ2v) is 6.12. The first-order valence-electron chi connectivity index (χ1n) is 7.74. The fourth-order valence-corrected chi connectivity index (χ4v) is 3.19. The van der Waals surface area contributed by atoms with Crippen molar-refractivity contribution in [2.45, 2.75) is 12.8 Å². The maximum Gasteiger partial charge on any atom is 0.0694 e. The van der Waals surface area contributed by atoms with E-state index in [1.165, 1.54) is 5.57 Å². The van der Waals surface area contributed by atoms with Gasteiger partial charge in [-0.25, -0.2) is 0 Å². The Hall–Kier alpha value is -2.39. The average Bonchev–Trinajstić information content (AvgIpc) is 2.98. The lowest BCUT2D eigenvalue weighted by Crippen LogP contribution is -2.11. The topological polar surface area (TPSA) is 41.0 Å². The average molecular weight is 322 g/mol. The zero-order chi connectivity index (χ0) is 15.6. The minimum absolute atomic E-state index is 0.751. The van der Waals surface area contributed by atoms with Crippen LogP contribution in [0.2, 0.25) is 5.02 Å². The van der Waals surface area contributed by atoms with E-state index in [0.29, 0.717) is 0 Å². The quantitative estimate of drug-likeness (QED) is 0.717. The predicted octanol–water partition coefficient (Wildman–Crippen LogP) is 4.88. The van der Waals surface area contributed by atoms with E-state index in [0.717, 1.165) is 52.2 Å². The Kier molecular flexibility index (Phi) is 3.72. The maximum atomic E-state index is 6.15. The molecule has 1 N–H and O–H groups in total. The van der Waals surface area contributed by atoms with Crippen LogP contribution < -0.4 is 0 Å². The van der Waals surface area contributed by atoms with Gasteiger partial charge in [-0.1, -0.05) is 11.6 Å². The number of hydrogen-bond donors (Lipinski definition) is 1. The number of aliphatic imine (C=N–C) groups is 1. The molecule has 3 heterocycles. The van der Waals surface area contributed by atoms with Crippen LogP contribution in [-0.2, 0) is 0 Å². The number of nitrogens with one attached hydrogen (secondary N) is 1. The second-order valence-electron chi connectivity index (χ2n) is 5.68. The maximum absolute atomic E-state index is 6.15. The lowest BCUT2D eigenvalue weighted by Gasteiger charge is -2.16. The zero-order valence-corrected chi connectivity index (χ0v) is 13.3. The standard InChI is InChI=1S/C19H16ClN3/c20-16-5-6-18-17(10-16)15(12-23-18)9-13-3-2-8-22-19(13)14-4-1-7-21-11-14/h1,4-7,9-12,23H,2-3,8H2. The highest BCUT2D eigenvalue weighted by Gasteiger charge is 2.15. The van der Waals surface area contributed by atoms with Crippen LogP contribution in [0.15, 0.2) is 59.5 Å². The molecule has 2 aromatic heterocycles. The van der Waals surface area contributed by atoms with Gasteiger partial charge in [0.1, 0.15) is 0 Å². The van der Waals surface area contributed by atoms with E-state index in [-0.39, 0.29) is 0 Å². The molecule has 1 aliphatic rings. The molecular weight excluding hydrogens is 306 g/mol. The molecule has 0 aliphatic carbocycles. The molecule has 4 heteroatoms. The molecule has 3 nitrogen and oxygen atoms in total. The summed E-state index contributed by atoms with van der Waals surface area (Å²) in [5, 5.41) is 1.89. The Balaban J connectivity index is 1.80. The fourth-order valence-electron chi connectivity index (χ4n) is 3.02. The zero-order valence-electron chi connectivity index (χ0n) is 12.6. The summed E-state index contributed by atoms with van der Waals surface area (Å²) in [5.74, 6) is 0. The number of pyridine rings is 1. The van der Waals surface area contributed by atoms with Gasteiger partial charge in [0.05, 0.1) is 5.71 Å². The number of aromatic amines is 1. The minimum atomic E-state index is 0.751. The number of fused-ring (bicyclic) bond motifs is 1. The molecule has 0 amide bonds. The Morgan fingerprint density at radius 2 is 2.17 bits per heavy atom. The van der Waals surface area contributed by atoms with Gasteiger partial charge in [0.15, 0.2) is 0 Å². The van der Waals surface area contributed by atoms with Gasteiger partial charge in [-0.15, -0.1) is 0 Å². The number of rotatable bonds is 2. The van der Waals surface area contributed by atoms with Gasteiger partial charge in [0.2, 0.25) is 0 Å². The van der Waals surface area contributed by atoms with Gasteiger partial charge in [-0.2, -0.15) is 0 Å². The molecule has 3 aromatic rings. The Morgan fingerprint density at radius 1 is 1.22 bits per heavy atom. The molecule has 0 saturated carbocycles. The summed E-state index contributed by atoms with van der Waals surface area (Å²) in [6.45, 7) is 0.876. The number of aromatic nitrogens is 2. The molecule has 1 aliphatic heterocycles. The smallest absolute Gasteiger partial charge is 0.0694 e. The number of hydrogen-bond acceptors (Lipinski definition) is 2. The molecule has 4 rings (SSSR count). The van der Waals surface area contributed by atoms with Crippen LogP contribution in [-0.4, -0.2) is 22.2 Å². The first-order valence-corrected chi connectivity index (χ1v) is 8.11. The molecule has 23 heavy (non-hydrogen) atoms. The third-order valence-corrected chi connectivity index (χ3v) is 4.35. The molecule has 114 valence electrons. The molecule has 0 radical (unpaired) electrons. The van der Waals surface area contributed by atoms with E-state index in [1.807, 2.05) is 36.7 Å². The minimum Gasteiger partial charge on any atom is -0.361 e. The van der Waals surface area contributed by atoms with Crippen molar-refractivity contribution in [3.63, 3.8) is 0 Å². The number of benzene rings is 1. The fraction of sp³-hybridized carbons (Fsp3) is 0.158. The van der Waals surface area contributed by atoms with Crippen LogP contribution >= 0.6 is 11.6 Å². The van der Waals surface area contributed by atoms with Gasteiger partial charge in [-0.3, -0.25) is 9.98 Å². The van der Waals surface area contributed by atoms with Crippen LogP contribution in [0.5, 0.6) is 0 Å². The Labute approximate surface area is 139 Å². The van der Waals surface area contributed by atoms with Gasteiger partial charge in [0, 0.05) is 52.2 Å². The second kappa shape index (κ2) is 6.01. The number of halogens is 1. The third kappa shape index (κ3) is 2.80. The van der Waals surface area contributed by atoms with Crippen molar-refractivity contribution in [3.8, 4) is 0 Å². The van der Waals surface area contributed by atoms with E-state index in [9.17, 15) is 0 Å². The van der Waals surface area contributed by atoms with Gasteiger partial charge in [0.25, 0.3) is 0 Å². The summed E-state index contributed by atoms with van der Waals surface area (Å²) in [7, 11) is 0. The van der Waals surface area contributed by atoms with Gasteiger partial charge < -0.3 is 4.98 Å². The summed E-state index contributed by atoms with van der Waals surface area (Å²) >= 11 is 6.15. The van der Waals surface area contributed by atoms with Crippen molar-refractivity contribution in [1.29, 1.82) is 0 Å². The molecule has 1 aromatic carbocycles. The Morgan fingerprint density at radius 3 is 3.04 bits per heavy atom. The van der Waals surface area contributed by atoms with Gasteiger partial charge in [-0.05, 0) is 54.8 Å². The summed E-state index contributed by atoms with van der Waals surface area (Å²) in [4.78, 5) is 12.3. The summed E-state index contributed by atoms with van der Waals surface area (Å²) < 4.78 is 0. The summed E-state index contributed by atoms with van der Waals surface area (Å²) in [6, 6.07) is 9.94. The van der Waals surface area contributed by atoms with E-state index in [2.05, 4.69) is 22.1 Å². The van der Waals surface area contributed by atoms with Crippen molar-refractivity contribution in [2.75, 3.05) is 6.54 Å². The Bertz CT molecular complexity index is 907.